The Morgan fingerprint density at radius 2 is 1.49 bits per heavy atom. The first-order valence-electron chi connectivity index (χ1n) is 10.8. The number of fused-ring (bicyclic) bond motifs is 3. The number of carbonyl (C=O) groups excluding carboxylic acids is 1. The van der Waals surface area contributed by atoms with Crippen LogP contribution in [-0.4, -0.2) is 40.9 Å². The van der Waals surface area contributed by atoms with Gasteiger partial charge in [-0.25, -0.2) is 9.59 Å². The normalized spacial score (nSPS) is 12.0. The van der Waals surface area contributed by atoms with Crippen molar-refractivity contribution in [2.75, 3.05) is 17.8 Å². The Hall–Kier alpha value is -4.10. The molecule has 0 spiro atoms. The molecule has 1 heterocycles. The van der Waals surface area contributed by atoms with Crippen LogP contribution in [0.1, 0.15) is 42.2 Å². The SMILES string of the molecule is CN1CSc2ccc3ccccc3c21.Cc1ccc(C(=O)O)c(C(=O)c2ccccc2)c1C(=O)O. The molecule has 5 rings (SSSR count). The third kappa shape index (κ3) is 4.76. The third-order valence-corrected chi connectivity index (χ3v) is 6.94. The highest BCUT2D eigenvalue weighted by Gasteiger charge is 2.26. The number of hydrogen-bond acceptors (Lipinski definition) is 5. The molecule has 4 aromatic carbocycles. The van der Waals surface area contributed by atoms with E-state index in [9.17, 15) is 24.6 Å². The van der Waals surface area contributed by atoms with Gasteiger partial charge in [-0.3, -0.25) is 4.79 Å². The number of carbonyl (C=O) groups is 3. The fourth-order valence-corrected chi connectivity index (χ4v) is 5.14. The van der Waals surface area contributed by atoms with Crippen LogP contribution in [0.2, 0.25) is 0 Å². The van der Waals surface area contributed by atoms with Gasteiger partial charge in [0.25, 0.3) is 0 Å². The Labute approximate surface area is 206 Å². The van der Waals surface area contributed by atoms with Crippen molar-refractivity contribution in [3.63, 3.8) is 0 Å². The third-order valence-electron chi connectivity index (χ3n) is 5.78. The molecule has 0 aliphatic carbocycles. The van der Waals surface area contributed by atoms with E-state index < -0.39 is 17.7 Å². The quantitative estimate of drug-likeness (QED) is 0.344. The van der Waals surface area contributed by atoms with Gasteiger partial charge in [-0.15, -0.1) is 11.8 Å². The number of rotatable bonds is 4. The average Bonchev–Trinajstić information content (AvgIpc) is 3.25. The van der Waals surface area contributed by atoms with Crippen LogP contribution in [-0.2, 0) is 0 Å². The van der Waals surface area contributed by atoms with Gasteiger partial charge in [-0.05, 0) is 30.0 Å². The van der Waals surface area contributed by atoms with Crippen molar-refractivity contribution in [1.82, 2.24) is 0 Å². The lowest BCUT2D eigenvalue weighted by atomic mass is 9.90. The van der Waals surface area contributed by atoms with Crippen molar-refractivity contribution >= 4 is 45.9 Å². The molecule has 0 fully saturated rings. The lowest BCUT2D eigenvalue weighted by molar-refractivity contribution is 0.0689. The van der Waals surface area contributed by atoms with E-state index in [1.807, 2.05) is 11.8 Å². The first-order valence-corrected chi connectivity index (χ1v) is 11.8. The van der Waals surface area contributed by atoms with E-state index in [0.717, 1.165) is 5.88 Å². The van der Waals surface area contributed by atoms with Crippen molar-refractivity contribution in [2.24, 2.45) is 0 Å². The van der Waals surface area contributed by atoms with E-state index in [0.29, 0.717) is 5.56 Å². The van der Waals surface area contributed by atoms with E-state index in [1.54, 1.807) is 18.2 Å². The van der Waals surface area contributed by atoms with Crippen molar-refractivity contribution < 1.29 is 24.6 Å². The molecule has 1 aliphatic heterocycles. The number of benzene rings is 4. The number of carboxylic acids is 2. The minimum Gasteiger partial charge on any atom is -0.478 e. The monoisotopic (exact) mass is 485 g/mol. The minimum atomic E-state index is -1.34. The second-order valence-corrected chi connectivity index (χ2v) is 9.08. The first kappa shape index (κ1) is 24.0. The summed E-state index contributed by atoms with van der Waals surface area (Å²) in [6.45, 7) is 1.52. The minimum absolute atomic E-state index is 0.244. The molecule has 0 atom stereocenters. The van der Waals surface area contributed by atoms with E-state index in [2.05, 4.69) is 48.3 Å². The van der Waals surface area contributed by atoms with Crippen molar-refractivity contribution in [3.8, 4) is 0 Å². The van der Waals surface area contributed by atoms with Crippen LogP contribution in [0.25, 0.3) is 10.8 Å². The van der Waals surface area contributed by atoms with Gasteiger partial charge in [0.1, 0.15) is 0 Å². The lowest BCUT2D eigenvalue weighted by Gasteiger charge is -2.13. The number of hydrogen-bond donors (Lipinski definition) is 2. The van der Waals surface area contributed by atoms with Crippen LogP contribution < -0.4 is 4.90 Å². The number of aryl methyl sites for hydroxylation is 1. The summed E-state index contributed by atoms with van der Waals surface area (Å²) < 4.78 is 0. The van der Waals surface area contributed by atoms with Crippen LogP contribution in [0.3, 0.4) is 0 Å². The Morgan fingerprint density at radius 1 is 0.800 bits per heavy atom. The maximum absolute atomic E-state index is 12.5. The highest BCUT2D eigenvalue weighted by atomic mass is 32.2. The Morgan fingerprint density at radius 3 is 2.17 bits per heavy atom. The molecule has 4 aromatic rings. The molecule has 6 nitrogen and oxygen atoms in total. The molecular formula is C28H23NO5S. The molecule has 0 saturated carbocycles. The van der Waals surface area contributed by atoms with Crippen LogP contribution in [0, 0.1) is 6.92 Å². The number of aromatic carboxylic acids is 2. The summed E-state index contributed by atoms with van der Waals surface area (Å²) in [5.41, 5.74) is 1.10. The van der Waals surface area contributed by atoms with E-state index >= 15 is 0 Å². The van der Waals surface area contributed by atoms with E-state index in [1.165, 1.54) is 52.5 Å². The summed E-state index contributed by atoms with van der Waals surface area (Å²) in [6, 6.07) is 23.7. The van der Waals surface area contributed by atoms with Crippen molar-refractivity contribution in [1.29, 1.82) is 0 Å². The molecule has 2 N–H and O–H groups in total. The fourth-order valence-electron chi connectivity index (χ4n) is 4.11. The zero-order chi connectivity index (χ0) is 25.1. The Balaban J connectivity index is 0.000000177. The summed E-state index contributed by atoms with van der Waals surface area (Å²) in [5, 5.41) is 21.2. The fraction of sp³-hybridized carbons (Fsp3) is 0.107. The van der Waals surface area contributed by atoms with Gasteiger partial charge in [0.2, 0.25) is 0 Å². The smallest absolute Gasteiger partial charge is 0.336 e. The second kappa shape index (κ2) is 10.0. The molecule has 176 valence electrons. The van der Waals surface area contributed by atoms with Gasteiger partial charge in [0.05, 0.1) is 28.3 Å². The Bertz CT molecular complexity index is 1450. The Kier molecular flexibility index (Phi) is 6.89. The predicted octanol–water partition coefficient (Wildman–Crippen LogP) is 5.96. The largest absolute Gasteiger partial charge is 0.478 e. The molecule has 0 radical (unpaired) electrons. The van der Waals surface area contributed by atoms with Gasteiger partial charge in [0, 0.05) is 22.9 Å². The van der Waals surface area contributed by atoms with E-state index in [4.69, 9.17) is 0 Å². The molecule has 0 bridgehead atoms. The molecule has 0 unspecified atom stereocenters. The summed E-state index contributed by atoms with van der Waals surface area (Å²) in [7, 11) is 2.16. The van der Waals surface area contributed by atoms with Gasteiger partial charge in [0.15, 0.2) is 5.78 Å². The summed E-state index contributed by atoms with van der Waals surface area (Å²) >= 11 is 1.92. The van der Waals surface area contributed by atoms with E-state index in [-0.39, 0.29) is 22.3 Å². The summed E-state index contributed by atoms with van der Waals surface area (Å²) in [4.78, 5) is 39.0. The highest BCUT2D eigenvalue weighted by Crippen LogP contribution is 2.42. The molecule has 35 heavy (non-hydrogen) atoms. The zero-order valence-electron chi connectivity index (χ0n) is 19.2. The van der Waals surface area contributed by atoms with Crippen LogP contribution >= 0.6 is 11.8 Å². The first-order chi connectivity index (χ1) is 16.8. The summed E-state index contributed by atoms with van der Waals surface area (Å²) in [6.07, 6.45) is 0. The van der Waals surface area contributed by atoms with Crippen LogP contribution in [0.5, 0.6) is 0 Å². The average molecular weight is 486 g/mol. The molecule has 0 aromatic heterocycles. The second-order valence-electron chi connectivity index (χ2n) is 8.09. The maximum Gasteiger partial charge on any atom is 0.336 e. The maximum atomic E-state index is 12.5. The number of ketones is 1. The van der Waals surface area contributed by atoms with Gasteiger partial charge in [-0.1, -0.05) is 66.7 Å². The van der Waals surface area contributed by atoms with Crippen molar-refractivity contribution in [3.05, 3.63) is 107 Å². The predicted molar refractivity (Wildman–Crippen MR) is 138 cm³/mol. The van der Waals surface area contributed by atoms with Crippen molar-refractivity contribution in [2.45, 2.75) is 11.8 Å². The molecule has 1 aliphatic rings. The molecule has 0 amide bonds. The number of nitrogens with zero attached hydrogens (tertiary/aromatic N) is 1. The standard InChI is InChI=1S/C16H12O5.C12H11NS/c1-9-7-8-11(15(18)19)13(12(9)16(20)21)14(17)10-5-3-2-4-6-10;1-13-8-14-11-7-6-9-4-2-3-5-10(9)12(11)13/h2-8H,1H3,(H,18,19)(H,20,21);2-7H,8H2,1H3. The van der Waals surface area contributed by atoms with Crippen LogP contribution in [0.15, 0.2) is 83.8 Å². The molecule has 7 heteroatoms. The number of thioether (sulfide) groups is 1. The highest BCUT2D eigenvalue weighted by molar-refractivity contribution is 7.99. The topological polar surface area (TPSA) is 94.9 Å². The van der Waals surface area contributed by atoms with Gasteiger partial charge >= 0.3 is 11.9 Å². The number of carboxylic acid groups (broad SMARTS) is 2. The van der Waals surface area contributed by atoms with Gasteiger partial charge < -0.3 is 15.1 Å². The lowest BCUT2D eigenvalue weighted by Crippen LogP contribution is -2.17. The van der Waals surface area contributed by atoms with Gasteiger partial charge in [-0.2, -0.15) is 0 Å². The number of anilines is 1. The molecular weight excluding hydrogens is 462 g/mol. The molecule has 0 saturated heterocycles. The zero-order valence-corrected chi connectivity index (χ0v) is 20.0. The summed E-state index contributed by atoms with van der Waals surface area (Å²) in [5.74, 6) is -2.20. The van der Waals surface area contributed by atoms with Crippen LogP contribution in [0.4, 0.5) is 5.69 Å².